The third-order valence-corrected chi connectivity index (χ3v) is 5.50. The number of carbonyl (C=O) groups excluding carboxylic acids is 1. The van der Waals surface area contributed by atoms with Crippen LogP contribution in [0.5, 0.6) is 0 Å². The summed E-state index contributed by atoms with van der Waals surface area (Å²) in [6.45, 7) is 5.26. The highest BCUT2D eigenvalue weighted by Crippen LogP contribution is 2.16. The maximum Gasteiger partial charge on any atom is 0.225 e. The number of carbonyl (C=O) groups is 1. The fourth-order valence-corrected chi connectivity index (χ4v) is 4.10. The second kappa shape index (κ2) is 8.71. The molecule has 2 fully saturated rings. The molecule has 0 unspecified atom stereocenters. The van der Waals surface area contributed by atoms with E-state index in [1.54, 1.807) is 0 Å². The smallest absolute Gasteiger partial charge is 0.225 e. The van der Waals surface area contributed by atoms with Gasteiger partial charge in [-0.1, -0.05) is 30.3 Å². The second-order valence-corrected chi connectivity index (χ2v) is 7.49. The third-order valence-electron chi connectivity index (χ3n) is 4.45. The molecule has 2 aliphatic heterocycles. The topological polar surface area (TPSA) is 32.8 Å². The van der Waals surface area contributed by atoms with Crippen molar-refractivity contribution in [1.29, 1.82) is 0 Å². The number of ether oxygens (including phenoxy) is 1. The van der Waals surface area contributed by atoms with E-state index in [1.165, 1.54) is 11.3 Å². The molecule has 5 heteroatoms. The normalized spacial score (nSPS) is 23.5. The van der Waals surface area contributed by atoms with E-state index in [4.69, 9.17) is 4.74 Å². The number of hydrogen-bond acceptors (Lipinski definition) is 4. The maximum absolute atomic E-state index is 12.5. The average Bonchev–Trinajstić information content (AvgIpc) is 2.85. The molecule has 4 nitrogen and oxygen atoms in total. The van der Waals surface area contributed by atoms with E-state index in [9.17, 15) is 4.79 Å². The van der Waals surface area contributed by atoms with Crippen molar-refractivity contribution in [3.05, 3.63) is 35.9 Å². The van der Waals surface area contributed by atoms with Gasteiger partial charge in [0.1, 0.15) is 0 Å². The van der Waals surface area contributed by atoms with E-state index in [2.05, 4.69) is 29.2 Å². The molecule has 126 valence electrons. The zero-order valence-electron chi connectivity index (χ0n) is 13.7. The van der Waals surface area contributed by atoms with E-state index in [0.717, 1.165) is 51.5 Å². The molecule has 0 spiro atoms. The molecule has 1 aromatic carbocycles. The van der Waals surface area contributed by atoms with Crippen LogP contribution in [-0.2, 0) is 16.1 Å². The number of rotatable bonds is 4. The van der Waals surface area contributed by atoms with Crippen molar-refractivity contribution in [2.75, 3.05) is 44.3 Å². The van der Waals surface area contributed by atoms with Gasteiger partial charge in [0, 0.05) is 38.5 Å². The molecule has 2 saturated heterocycles. The van der Waals surface area contributed by atoms with Gasteiger partial charge in [0.15, 0.2) is 0 Å². The summed E-state index contributed by atoms with van der Waals surface area (Å²) in [5, 5.41) is 0. The van der Waals surface area contributed by atoms with Gasteiger partial charge in [0.25, 0.3) is 0 Å². The lowest BCUT2D eigenvalue weighted by Gasteiger charge is -2.33. The van der Waals surface area contributed by atoms with E-state index in [1.807, 2.05) is 22.7 Å². The lowest BCUT2D eigenvalue weighted by molar-refractivity contribution is -0.136. The fraction of sp³-hybridized carbons (Fsp3) is 0.611. The van der Waals surface area contributed by atoms with Gasteiger partial charge in [-0.2, -0.15) is 11.8 Å². The van der Waals surface area contributed by atoms with E-state index in [-0.39, 0.29) is 12.0 Å². The summed E-state index contributed by atoms with van der Waals surface area (Å²) in [5.41, 5.74) is 1.32. The Labute approximate surface area is 143 Å². The van der Waals surface area contributed by atoms with Crippen molar-refractivity contribution < 1.29 is 9.53 Å². The Bertz CT molecular complexity index is 489. The van der Waals surface area contributed by atoms with E-state index in [0.29, 0.717) is 6.42 Å². The number of amides is 1. The lowest BCUT2D eigenvalue weighted by atomic mass is 10.1. The summed E-state index contributed by atoms with van der Waals surface area (Å²) in [7, 11) is 0. The van der Waals surface area contributed by atoms with Crippen LogP contribution in [0, 0.1) is 0 Å². The zero-order chi connectivity index (χ0) is 15.9. The molecule has 3 rings (SSSR count). The minimum Gasteiger partial charge on any atom is -0.375 e. The number of benzene rings is 1. The Balaban J connectivity index is 1.49. The van der Waals surface area contributed by atoms with Crippen LogP contribution in [-0.4, -0.2) is 66.1 Å². The van der Waals surface area contributed by atoms with Crippen molar-refractivity contribution in [2.45, 2.75) is 25.5 Å². The second-order valence-electron chi connectivity index (χ2n) is 6.26. The molecule has 23 heavy (non-hydrogen) atoms. The highest BCUT2D eigenvalue weighted by Gasteiger charge is 2.25. The summed E-state index contributed by atoms with van der Waals surface area (Å²) in [6.07, 6.45) is 1.67. The molecular weight excluding hydrogens is 308 g/mol. The maximum atomic E-state index is 12.5. The summed E-state index contributed by atoms with van der Waals surface area (Å²) >= 11 is 1.95. The van der Waals surface area contributed by atoms with Crippen molar-refractivity contribution in [3.63, 3.8) is 0 Å². The first-order chi connectivity index (χ1) is 11.3. The standard InChI is InChI=1S/C18H26N2O2S/c21-18(20-7-4-11-23-12-9-20)13-17-15-19(8-10-22-17)14-16-5-2-1-3-6-16/h1-3,5-6,17H,4,7-15H2/t17-/m1/s1. The molecule has 0 N–H and O–H groups in total. The average molecular weight is 334 g/mol. The Morgan fingerprint density at radius 2 is 2.04 bits per heavy atom. The van der Waals surface area contributed by atoms with Gasteiger partial charge in [-0.05, 0) is 17.7 Å². The van der Waals surface area contributed by atoms with Gasteiger partial charge in [-0.25, -0.2) is 0 Å². The largest absolute Gasteiger partial charge is 0.375 e. The van der Waals surface area contributed by atoms with Crippen molar-refractivity contribution in [1.82, 2.24) is 9.80 Å². The monoisotopic (exact) mass is 334 g/mol. The molecule has 2 heterocycles. The van der Waals surface area contributed by atoms with E-state index >= 15 is 0 Å². The van der Waals surface area contributed by atoms with E-state index < -0.39 is 0 Å². The molecule has 0 saturated carbocycles. The quantitative estimate of drug-likeness (QED) is 0.845. The summed E-state index contributed by atoms with van der Waals surface area (Å²) in [4.78, 5) is 16.9. The number of hydrogen-bond donors (Lipinski definition) is 0. The molecular formula is C18H26N2O2S. The first-order valence-electron chi connectivity index (χ1n) is 8.54. The van der Waals surface area contributed by atoms with Gasteiger partial charge in [0.05, 0.1) is 19.1 Å². The summed E-state index contributed by atoms with van der Waals surface area (Å²) in [5.74, 6) is 2.51. The van der Waals surface area contributed by atoms with Crippen LogP contribution in [0.2, 0.25) is 0 Å². The Morgan fingerprint density at radius 1 is 1.17 bits per heavy atom. The minimum absolute atomic E-state index is 0.0378. The van der Waals surface area contributed by atoms with Crippen LogP contribution in [0.15, 0.2) is 30.3 Å². The molecule has 1 atom stereocenters. The van der Waals surface area contributed by atoms with Gasteiger partial charge in [-0.15, -0.1) is 0 Å². The fourth-order valence-electron chi connectivity index (χ4n) is 3.21. The third kappa shape index (κ3) is 5.23. The Hall–Kier alpha value is -1.04. The Kier molecular flexibility index (Phi) is 6.37. The van der Waals surface area contributed by atoms with Gasteiger partial charge < -0.3 is 9.64 Å². The van der Waals surface area contributed by atoms with Gasteiger partial charge >= 0.3 is 0 Å². The predicted octanol–water partition coefficient (Wildman–Crippen LogP) is 2.24. The van der Waals surface area contributed by atoms with Crippen molar-refractivity contribution >= 4 is 17.7 Å². The molecule has 1 aromatic rings. The van der Waals surface area contributed by atoms with Crippen molar-refractivity contribution in [3.8, 4) is 0 Å². The molecule has 0 bridgehead atoms. The van der Waals surface area contributed by atoms with Gasteiger partial charge in [-0.3, -0.25) is 9.69 Å². The SMILES string of the molecule is O=C(C[C@@H]1CN(Cc2ccccc2)CCO1)N1CCCSCC1. The first kappa shape index (κ1) is 16.8. The number of nitrogens with zero attached hydrogens (tertiary/aromatic N) is 2. The summed E-state index contributed by atoms with van der Waals surface area (Å²) < 4.78 is 5.84. The van der Waals surface area contributed by atoms with Crippen LogP contribution < -0.4 is 0 Å². The van der Waals surface area contributed by atoms with Gasteiger partial charge in [0.2, 0.25) is 5.91 Å². The zero-order valence-corrected chi connectivity index (χ0v) is 14.5. The van der Waals surface area contributed by atoms with Crippen LogP contribution in [0.1, 0.15) is 18.4 Å². The molecule has 0 aromatic heterocycles. The molecule has 2 aliphatic rings. The van der Waals surface area contributed by atoms with Crippen LogP contribution in [0.3, 0.4) is 0 Å². The van der Waals surface area contributed by atoms with Crippen LogP contribution >= 0.6 is 11.8 Å². The molecule has 0 aliphatic carbocycles. The number of morpholine rings is 1. The first-order valence-corrected chi connectivity index (χ1v) is 9.70. The highest BCUT2D eigenvalue weighted by molar-refractivity contribution is 7.99. The summed E-state index contributed by atoms with van der Waals surface area (Å²) in [6, 6.07) is 10.5. The molecule has 0 radical (unpaired) electrons. The predicted molar refractivity (Wildman–Crippen MR) is 94.6 cm³/mol. The number of thioether (sulfide) groups is 1. The van der Waals surface area contributed by atoms with Crippen molar-refractivity contribution in [2.24, 2.45) is 0 Å². The minimum atomic E-state index is 0.0378. The highest BCUT2D eigenvalue weighted by atomic mass is 32.2. The Morgan fingerprint density at radius 3 is 2.91 bits per heavy atom. The lowest BCUT2D eigenvalue weighted by Crippen LogP contribution is -2.45. The van der Waals surface area contributed by atoms with Crippen LogP contribution in [0.4, 0.5) is 0 Å². The molecule has 1 amide bonds. The van der Waals surface area contributed by atoms with Crippen LogP contribution in [0.25, 0.3) is 0 Å².